The first-order valence-corrected chi connectivity index (χ1v) is 7.37. The van der Waals surface area contributed by atoms with Gasteiger partial charge in [0.05, 0.1) is 11.7 Å². The fourth-order valence-electron chi connectivity index (χ4n) is 2.83. The van der Waals surface area contributed by atoms with Gasteiger partial charge in [-0.25, -0.2) is 9.78 Å². The van der Waals surface area contributed by atoms with E-state index in [4.69, 9.17) is 0 Å². The summed E-state index contributed by atoms with van der Waals surface area (Å²) in [5.41, 5.74) is 1.77. The predicted octanol–water partition coefficient (Wildman–Crippen LogP) is 3.01. The van der Waals surface area contributed by atoms with Gasteiger partial charge in [0.25, 0.3) is 0 Å². The Morgan fingerprint density at radius 2 is 2.30 bits per heavy atom. The molecule has 0 spiro atoms. The van der Waals surface area contributed by atoms with E-state index >= 15 is 0 Å². The topological polar surface area (TPSA) is 70.7 Å². The van der Waals surface area contributed by atoms with E-state index < -0.39 is 6.09 Å². The number of amides is 1. The molecule has 7 heteroatoms. The summed E-state index contributed by atoms with van der Waals surface area (Å²) >= 11 is 3.45. The minimum Gasteiger partial charge on any atom is -0.465 e. The third kappa shape index (κ3) is 2.06. The lowest BCUT2D eigenvalue weighted by Crippen LogP contribution is -2.38. The van der Waals surface area contributed by atoms with Gasteiger partial charge in [0.2, 0.25) is 0 Å². The second-order valence-electron chi connectivity index (χ2n) is 4.98. The molecule has 1 saturated heterocycles. The molecule has 1 aliphatic heterocycles. The Morgan fingerprint density at radius 1 is 1.50 bits per heavy atom. The highest BCUT2D eigenvalue weighted by Crippen LogP contribution is 2.33. The number of aromatic nitrogens is 3. The lowest BCUT2D eigenvalue weighted by atomic mass is 10.0. The molecule has 2 aromatic rings. The number of piperidine rings is 1. The highest BCUT2D eigenvalue weighted by atomic mass is 79.9. The molecule has 1 atom stereocenters. The van der Waals surface area contributed by atoms with Crippen LogP contribution >= 0.6 is 15.9 Å². The van der Waals surface area contributed by atoms with Crippen LogP contribution in [0.1, 0.15) is 36.8 Å². The van der Waals surface area contributed by atoms with Gasteiger partial charge in [-0.05, 0) is 42.1 Å². The van der Waals surface area contributed by atoms with E-state index in [-0.39, 0.29) is 6.04 Å². The van der Waals surface area contributed by atoms with Gasteiger partial charge in [-0.2, -0.15) is 0 Å². The van der Waals surface area contributed by atoms with E-state index in [1.54, 1.807) is 6.20 Å². The molecule has 0 saturated carbocycles. The van der Waals surface area contributed by atoms with E-state index in [0.29, 0.717) is 11.1 Å². The number of imidazole rings is 1. The first-order valence-electron chi connectivity index (χ1n) is 6.58. The molecule has 1 aliphatic rings. The largest absolute Gasteiger partial charge is 0.465 e. The summed E-state index contributed by atoms with van der Waals surface area (Å²) in [5.74, 6) is 0.763. The quantitative estimate of drug-likeness (QED) is 0.867. The Bertz CT molecular complexity index is 670. The maximum absolute atomic E-state index is 11.4. The molecule has 0 aliphatic carbocycles. The zero-order valence-electron chi connectivity index (χ0n) is 11.1. The number of halogens is 1. The molecule has 0 aromatic carbocycles. The van der Waals surface area contributed by atoms with Gasteiger partial charge < -0.3 is 5.11 Å². The summed E-state index contributed by atoms with van der Waals surface area (Å²) in [6.45, 7) is 2.48. The molecule has 1 fully saturated rings. The van der Waals surface area contributed by atoms with Crippen molar-refractivity contribution in [2.75, 3.05) is 6.54 Å². The smallest absolute Gasteiger partial charge is 0.407 e. The second kappa shape index (κ2) is 5.05. The number of aryl methyl sites for hydroxylation is 1. The van der Waals surface area contributed by atoms with Crippen LogP contribution in [0.4, 0.5) is 4.79 Å². The normalized spacial score (nSPS) is 19.5. The van der Waals surface area contributed by atoms with Gasteiger partial charge in [-0.3, -0.25) is 14.3 Å². The van der Waals surface area contributed by atoms with E-state index in [9.17, 15) is 9.90 Å². The standard InChI is InChI=1S/C13H15BrN4O2/c1-8-10-11(14)16-12(18(10)7-5-15-8)9-4-2-3-6-17(9)13(19)20/h5,7,9H,2-4,6H2,1H3,(H,19,20)/t9-/m0/s1. The summed E-state index contributed by atoms with van der Waals surface area (Å²) in [6, 6.07) is -0.193. The van der Waals surface area contributed by atoms with E-state index in [0.717, 1.165) is 36.3 Å². The van der Waals surface area contributed by atoms with E-state index in [2.05, 4.69) is 25.9 Å². The number of nitrogens with zero attached hydrogens (tertiary/aromatic N) is 4. The molecule has 0 radical (unpaired) electrons. The number of fused-ring (bicyclic) bond motifs is 1. The molecule has 20 heavy (non-hydrogen) atoms. The van der Waals surface area contributed by atoms with Crippen molar-refractivity contribution in [3.63, 3.8) is 0 Å². The predicted molar refractivity (Wildman–Crippen MR) is 76.7 cm³/mol. The molecule has 0 bridgehead atoms. The van der Waals surface area contributed by atoms with Crippen LogP contribution in [-0.2, 0) is 0 Å². The summed E-state index contributed by atoms with van der Waals surface area (Å²) in [7, 11) is 0. The number of likely N-dealkylation sites (tertiary alicyclic amines) is 1. The Kier molecular flexibility index (Phi) is 3.37. The fourth-order valence-corrected chi connectivity index (χ4v) is 3.49. The van der Waals surface area contributed by atoms with E-state index in [1.807, 2.05) is 17.5 Å². The summed E-state index contributed by atoms with van der Waals surface area (Å²) in [5, 5.41) is 9.37. The van der Waals surface area contributed by atoms with Crippen molar-refractivity contribution in [1.29, 1.82) is 0 Å². The molecule has 3 heterocycles. The van der Waals surface area contributed by atoms with Crippen LogP contribution in [0.15, 0.2) is 17.0 Å². The third-order valence-electron chi connectivity index (χ3n) is 3.77. The SMILES string of the molecule is Cc1nccn2c([C@@H]3CCCCN3C(=O)O)nc(Br)c12. The van der Waals surface area contributed by atoms with Gasteiger partial charge in [0.15, 0.2) is 0 Å². The Hall–Kier alpha value is -1.63. The van der Waals surface area contributed by atoms with Crippen LogP contribution in [0.25, 0.3) is 5.52 Å². The molecule has 0 unspecified atom stereocenters. The van der Waals surface area contributed by atoms with Crippen molar-refractivity contribution in [2.45, 2.75) is 32.2 Å². The van der Waals surface area contributed by atoms with Crippen LogP contribution in [0.3, 0.4) is 0 Å². The Balaban J connectivity index is 2.14. The molecule has 1 N–H and O–H groups in total. The number of hydrogen-bond acceptors (Lipinski definition) is 3. The summed E-state index contributed by atoms with van der Waals surface area (Å²) in [4.78, 5) is 21.7. The average molecular weight is 339 g/mol. The lowest BCUT2D eigenvalue weighted by molar-refractivity contribution is 0.103. The van der Waals surface area contributed by atoms with Crippen molar-refractivity contribution in [3.8, 4) is 0 Å². The maximum atomic E-state index is 11.4. The average Bonchev–Trinajstić information content (AvgIpc) is 2.77. The van der Waals surface area contributed by atoms with Gasteiger partial charge in [0.1, 0.15) is 15.9 Å². The number of rotatable bonds is 1. The van der Waals surface area contributed by atoms with Crippen molar-refractivity contribution < 1.29 is 9.90 Å². The minimum absolute atomic E-state index is 0.193. The van der Waals surface area contributed by atoms with Crippen LogP contribution in [0.2, 0.25) is 0 Å². The monoisotopic (exact) mass is 338 g/mol. The minimum atomic E-state index is -0.881. The first-order chi connectivity index (χ1) is 9.59. The fraction of sp³-hybridized carbons (Fsp3) is 0.462. The highest BCUT2D eigenvalue weighted by Gasteiger charge is 2.31. The van der Waals surface area contributed by atoms with Gasteiger partial charge in [0, 0.05) is 18.9 Å². The molecular formula is C13H15BrN4O2. The van der Waals surface area contributed by atoms with Crippen LogP contribution < -0.4 is 0 Å². The molecule has 6 nitrogen and oxygen atoms in total. The second-order valence-corrected chi connectivity index (χ2v) is 5.73. The van der Waals surface area contributed by atoms with Crippen LogP contribution in [-0.4, -0.2) is 37.0 Å². The van der Waals surface area contributed by atoms with Gasteiger partial charge in [-0.15, -0.1) is 0 Å². The van der Waals surface area contributed by atoms with Crippen molar-refractivity contribution in [1.82, 2.24) is 19.3 Å². The number of hydrogen-bond donors (Lipinski definition) is 1. The Morgan fingerprint density at radius 3 is 3.05 bits per heavy atom. The number of carboxylic acid groups (broad SMARTS) is 1. The first kappa shape index (κ1) is 13.4. The van der Waals surface area contributed by atoms with Crippen molar-refractivity contribution in [2.24, 2.45) is 0 Å². The molecular weight excluding hydrogens is 324 g/mol. The third-order valence-corrected chi connectivity index (χ3v) is 4.32. The Labute approximate surface area is 124 Å². The summed E-state index contributed by atoms with van der Waals surface area (Å²) in [6.07, 6.45) is 5.41. The lowest BCUT2D eigenvalue weighted by Gasteiger charge is -2.32. The van der Waals surface area contributed by atoms with Crippen LogP contribution in [0.5, 0.6) is 0 Å². The molecule has 106 valence electrons. The molecule has 2 aromatic heterocycles. The highest BCUT2D eigenvalue weighted by molar-refractivity contribution is 9.10. The summed E-state index contributed by atoms with van der Waals surface area (Å²) < 4.78 is 2.66. The maximum Gasteiger partial charge on any atom is 0.407 e. The zero-order chi connectivity index (χ0) is 14.3. The van der Waals surface area contributed by atoms with Gasteiger partial charge in [-0.1, -0.05) is 0 Å². The van der Waals surface area contributed by atoms with E-state index in [1.165, 1.54) is 4.90 Å². The zero-order valence-corrected chi connectivity index (χ0v) is 12.7. The van der Waals surface area contributed by atoms with Gasteiger partial charge >= 0.3 is 6.09 Å². The van der Waals surface area contributed by atoms with Crippen LogP contribution in [0, 0.1) is 6.92 Å². The molecule has 1 amide bonds. The van der Waals surface area contributed by atoms with Crippen molar-refractivity contribution >= 4 is 27.5 Å². The number of carbonyl (C=O) groups is 1. The van der Waals surface area contributed by atoms with Crippen molar-refractivity contribution in [3.05, 3.63) is 28.5 Å². The molecule has 3 rings (SSSR count).